The van der Waals surface area contributed by atoms with Crippen LogP contribution in [0.3, 0.4) is 0 Å². The fraction of sp³-hybridized carbons (Fsp3) is 0.684. The lowest BCUT2D eigenvalue weighted by molar-refractivity contribution is -0.192. The number of fused-ring (bicyclic) bond motifs is 1. The number of ether oxygens (including phenoxy) is 2. The zero-order chi connectivity index (χ0) is 22.6. The van der Waals surface area contributed by atoms with Gasteiger partial charge >= 0.3 is 12.1 Å². The lowest BCUT2D eigenvalue weighted by Gasteiger charge is -2.34. The maximum atomic E-state index is 12.6. The van der Waals surface area contributed by atoms with Crippen LogP contribution >= 0.6 is 0 Å². The van der Waals surface area contributed by atoms with E-state index in [1.165, 1.54) is 0 Å². The van der Waals surface area contributed by atoms with Crippen molar-refractivity contribution in [1.82, 2.24) is 15.1 Å². The van der Waals surface area contributed by atoms with Gasteiger partial charge in [-0.3, -0.25) is 4.79 Å². The molecule has 1 N–H and O–H groups in total. The van der Waals surface area contributed by atoms with Crippen molar-refractivity contribution in [2.75, 3.05) is 44.3 Å². The number of nitrogens with zero attached hydrogens (tertiary/aromatic N) is 4. The third kappa shape index (κ3) is 6.03. The fourth-order valence-electron chi connectivity index (χ4n) is 3.85. The number of anilines is 1. The number of aromatic nitrogens is 2. The third-order valence-electron chi connectivity index (χ3n) is 5.50. The largest absolute Gasteiger partial charge is 0.490 e. The smallest absolute Gasteiger partial charge is 0.475 e. The van der Waals surface area contributed by atoms with Crippen LogP contribution in [-0.2, 0) is 19.1 Å². The number of aryl methyl sites for hydroxylation is 1. The van der Waals surface area contributed by atoms with Gasteiger partial charge in [0, 0.05) is 26.2 Å². The number of carbonyl (C=O) groups is 2. The minimum atomic E-state index is -5.08. The Morgan fingerprint density at radius 2 is 1.84 bits per heavy atom. The summed E-state index contributed by atoms with van der Waals surface area (Å²) in [6.07, 6.45) is -3.39. The molecular formula is C19H25F3N4O5. The van der Waals surface area contributed by atoms with Gasteiger partial charge in [0.15, 0.2) is 5.82 Å². The average Bonchev–Trinajstić information content (AvgIpc) is 3.17. The van der Waals surface area contributed by atoms with Gasteiger partial charge in [0.2, 0.25) is 0 Å². The number of rotatable bonds is 2. The second-order valence-electron chi connectivity index (χ2n) is 7.67. The summed E-state index contributed by atoms with van der Waals surface area (Å²) < 4.78 is 43.2. The normalized spacial score (nSPS) is 26.0. The van der Waals surface area contributed by atoms with E-state index in [1.807, 2.05) is 24.0 Å². The van der Waals surface area contributed by atoms with Gasteiger partial charge in [-0.25, -0.2) is 4.79 Å². The molecule has 3 saturated heterocycles. The maximum Gasteiger partial charge on any atom is 0.490 e. The molecular weight excluding hydrogens is 421 g/mol. The van der Waals surface area contributed by atoms with Crippen molar-refractivity contribution in [3.8, 4) is 0 Å². The van der Waals surface area contributed by atoms with E-state index in [1.54, 1.807) is 0 Å². The number of piperidine rings is 1. The lowest BCUT2D eigenvalue weighted by atomic mass is 9.91. The van der Waals surface area contributed by atoms with Gasteiger partial charge in [0.05, 0.1) is 25.0 Å². The molecule has 9 nitrogen and oxygen atoms in total. The summed E-state index contributed by atoms with van der Waals surface area (Å²) in [6.45, 7) is 6.29. The Bertz CT molecular complexity index is 771. The Kier molecular flexibility index (Phi) is 7.31. The zero-order valence-corrected chi connectivity index (χ0v) is 17.0. The molecule has 0 saturated carbocycles. The standard InChI is InChI=1S/C17H24N4O3.C2HF3O2/c1-12-2-3-16(19-18-12)21-5-4-13-10-14(24-15(13)11-21)17(22)20-6-8-23-9-7-20;3-2(4,5)1(6)7/h2-3,13-15H,4-11H2,1H3;(H,6,7)/t13-,14-,15-;/m0./s1. The summed E-state index contributed by atoms with van der Waals surface area (Å²) in [5, 5.41) is 15.5. The van der Waals surface area contributed by atoms with Crippen LogP contribution < -0.4 is 4.90 Å². The molecule has 4 rings (SSSR count). The second kappa shape index (κ2) is 9.77. The number of morpholine rings is 1. The first-order valence-corrected chi connectivity index (χ1v) is 10.0. The number of alkyl halides is 3. The van der Waals surface area contributed by atoms with Gasteiger partial charge in [-0.1, -0.05) is 0 Å². The molecule has 0 bridgehead atoms. The number of halogens is 3. The molecule has 0 spiro atoms. The third-order valence-corrected chi connectivity index (χ3v) is 5.50. The number of carbonyl (C=O) groups excluding carboxylic acids is 1. The van der Waals surface area contributed by atoms with Crippen LogP contribution in [0.2, 0.25) is 0 Å². The van der Waals surface area contributed by atoms with Gasteiger partial charge in [-0.15, -0.1) is 5.10 Å². The molecule has 0 unspecified atom stereocenters. The molecule has 0 aliphatic carbocycles. The van der Waals surface area contributed by atoms with Gasteiger partial charge in [0.1, 0.15) is 6.10 Å². The quantitative estimate of drug-likeness (QED) is 0.724. The zero-order valence-electron chi connectivity index (χ0n) is 17.0. The van der Waals surface area contributed by atoms with Crippen LogP contribution in [0.1, 0.15) is 18.5 Å². The Hall–Kier alpha value is -2.47. The summed E-state index contributed by atoms with van der Waals surface area (Å²) in [7, 11) is 0. The highest BCUT2D eigenvalue weighted by Crippen LogP contribution is 2.35. The molecule has 0 radical (unpaired) electrons. The maximum absolute atomic E-state index is 12.6. The molecule has 3 fully saturated rings. The van der Waals surface area contributed by atoms with Crippen LogP contribution in [0.15, 0.2) is 12.1 Å². The van der Waals surface area contributed by atoms with Gasteiger partial charge < -0.3 is 24.4 Å². The summed E-state index contributed by atoms with van der Waals surface area (Å²) in [5.41, 5.74) is 0.918. The number of hydrogen-bond donors (Lipinski definition) is 1. The van der Waals surface area contributed by atoms with E-state index in [4.69, 9.17) is 19.4 Å². The number of carboxylic acid groups (broad SMARTS) is 1. The molecule has 3 aliphatic rings. The van der Waals surface area contributed by atoms with Crippen LogP contribution in [0.4, 0.5) is 19.0 Å². The number of hydrogen-bond acceptors (Lipinski definition) is 7. The predicted molar refractivity (Wildman–Crippen MR) is 101 cm³/mol. The molecule has 31 heavy (non-hydrogen) atoms. The van der Waals surface area contributed by atoms with Crippen LogP contribution in [-0.4, -0.2) is 89.9 Å². The lowest BCUT2D eigenvalue weighted by Crippen LogP contribution is -2.46. The first-order valence-electron chi connectivity index (χ1n) is 10.0. The molecule has 172 valence electrons. The molecule has 12 heteroatoms. The first kappa shape index (κ1) is 23.2. The minimum Gasteiger partial charge on any atom is -0.475 e. The van der Waals surface area contributed by atoms with Crippen molar-refractivity contribution in [2.24, 2.45) is 5.92 Å². The Morgan fingerprint density at radius 1 is 1.16 bits per heavy atom. The molecule has 3 atom stereocenters. The van der Waals surface area contributed by atoms with Gasteiger partial charge in [-0.2, -0.15) is 18.3 Å². The molecule has 0 aromatic carbocycles. The number of aliphatic carboxylic acids is 1. The monoisotopic (exact) mass is 446 g/mol. The molecule has 1 amide bonds. The Morgan fingerprint density at radius 3 is 2.42 bits per heavy atom. The predicted octanol–water partition coefficient (Wildman–Crippen LogP) is 1.26. The van der Waals surface area contributed by atoms with Crippen molar-refractivity contribution in [1.29, 1.82) is 0 Å². The Balaban J connectivity index is 0.000000339. The SMILES string of the molecule is Cc1ccc(N2CC[C@H]3C[C@@H](C(=O)N4CCOCC4)O[C@H]3C2)nn1.O=C(O)C(F)(F)F. The summed E-state index contributed by atoms with van der Waals surface area (Å²) in [6, 6.07) is 3.99. The fourth-order valence-corrected chi connectivity index (χ4v) is 3.85. The van der Waals surface area contributed by atoms with Crippen molar-refractivity contribution >= 4 is 17.7 Å². The highest BCUT2D eigenvalue weighted by Gasteiger charge is 2.43. The molecule has 1 aromatic heterocycles. The number of amides is 1. The summed E-state index contributed by atoms with van der Waals surface area (Å²) in [5.74, 6) is -1.26. The number of carboxylic acids is 1. The van der Waals surface area contributed by atoms with Crippen LogP contribution in [0, 0.1) is 12.8 Å². The molecule has 4 heterocycles. The van der Waals surface area contributed by atoms with Gasteiger partial charge in [-0.05, 0) is 37.8 Å². The summed E-state index contributed by atoms with van der Waals surface area (Å²) >= 11 is 0. The van der Waals surface area contributed by atoms with Crippen LogP contribution in [0.25, 0.3) is 0 Å². The Labute approximate surface area is 177 Å². The molecule has 1 aromatic rings. The van der Waals surface area contributed by atoms with E-state index >= 15 is 0 Å². The van der Waals surface area contributed by atoms with Crippen LogP contribution in [0.5, 0.6) is 0 Å². The highest BCUT2D eigenvalue weighted by molar-refractivity contribution is 5.81. The van der Waals surface area contributed by atoms with E-state index in [0.717, 1.165) is 37.4 Å². The minimum absolute atomic E-state index is 0.108. The van der Waals surface area contributed by atoms with E-state index in [2.05, 4.69) is 15.1 Å². The average molecular weight is 446 g/mol. The van der Waals surface area contributed by atoms with E-state index in [0.29, 0.717) is 32.2 Å². The topological polar surface area (TPSA) is 105 Å². The van der Waals surface area contributed by atoms with Crippen molar-refractivity contribution in [3.05, 3.63) is 17.8 Å². The van der Waals surface area contributed by atoms with E-state index in [-0.39, 0.29) is 18.1 Å². The second-order valence-corrected chi connectivity index (χ2v) is 7.67. The van der Waals surface area contributed by atoms with Crippen molar-refractivity contribution in [2.45, 2.75) is 38.1 Å². The molecule has 3 aliphatic heterocycles. The first-order chi connectivity index (χ1) is 14.6. The van der Waals surface area contributed by atoms with Crippen molar-refractivity contribution < 1.29 is 37.3 Å². The van der Waals surface area contributed by atoms with Gasteiger partial charge in [0.25, 0.3) is 5.91 Å². The van der Waals surface area contributed by atoms with Crippen molar-refractivity contribution in [3.63, 3.8) is 0 Å². The summed E-state index contributed by atoms with van der Waals surface area (Å²) in [4.78, 5) is 25.6. The van der Waals surface area contributed by atoms with E-state index < -0.39 is 12.1 Å². The highest BCUT2D eigenvalue weighted by atomic mass is 19.4. The van der Waals surface area contributed by atoms with E-state index in [9.17, 15) is 18.0 Å².